The summed E-state index contributed by atoms with van der Waals surface area (Å²) in [4.78, 5) is 29.7. The minimum atomic E-state index is -0.645. The van der Waals surface area contributed by atoms with E-state index in [0.717, 1.165) is 31.9 Å². The maximum absolute atomic E-state index is 11.9. The molecule has 1 amide bonds. The molecule has 0 saturated carbocycles. The van der Waals surface area contributed by atoms with Crippen LogP contribution in [0.3, 0.4) is 0 Å². The zero-order valence-corrected chi connectivity index (χ0v) is 18.5. The van der Waals surface area contributed by atoms with Crippen molar-refractivity contribution in [3.8, 4) is 5.69 Å². The number of primary amides is 1. The fourth-order valence-electron chi connectivity index (χ4n) is 3.66. The maximum Gasteiger partial charge on any atom is 0.287 e. The molecule has 1 saturated heterocycles. The topological polar surface area (TPSA) is 119 Å². The van der Waals surface area contributed by atoms with Crippen LogP contribution in [0.25, 0.3) is 5.69 Å². The molecular weight excluding hydrogens is 438 g/mol. The smallest absolute Gasteiger partial charge is 0.287 e. The molecule has 1 aliphatic heterocycles. The minimum absolute atomic E-state index is 0.0743. The number of rotatable bonds is 6. The zero-order valence-electron chi connectivity index (χ0n) is 17.7. The van der Waals surface area contributed by atoms with Gasteiger partial charge in [-0.25, -0.2) is 9.97 Å². The first-order valence-electron chi connectivity index (χ1n) is 10.4. The molecule has 10 nitrogen and oxygen atoms in total. The Morgan fingerprint density at radius 3 is 2.30 bits per heavy atom. The summed E-state index contributed by atoms with van der Waals surface area (Å²) in [7, 11) is 0. The van der Waals surface area contributed by atoms with Gasteiger partial charge in [-0.05, 0) is 42.1 Å². The molecule has 1 aliphatic rings. The Balaban J connectivity index is 1.34. The number of hydrogen-bond acceptors (Lipinski definition) is 9. The summed E-state index contributed by atoms with van der Waals surface area (Å²) in [6, 6.07) is 15.2. The largest absolute Gasteiger partial charge is 0.368 e. The molecule has 0 spiro atoms. The zero-order chi connectivity index (χ0) is 22.6. The summed E-state index contributed by atoms with van der Waals surface area (Å²) >= 11 is 1.31. The van der Waals surface area contributed by atoms with Crippen LogP contribution < -0.4 is 15.5 Å². The maximum atomic E-state index is 11.9. The summed E-state index contributed by atoms with van der Waals surface area (Å²) in [6.45, 7) is 3.36. The van der Waals surface area contributed by atoms with E-state index in [-0.39, 0.29) is 5.82 Å². The second kappa shape index (κ2) is 9.25. The van der Waals surface area contributed by atoms with Crippen LogP contribution in [0.2, 0.25) is 0 Å². The molecule has 4 heterocycles. The second-order valence-electron chi connectivity index (χ2n) is 7.32. The van der Waals surface area contributed by atoms with E-state index in [2.05, 4.69) is 30.0 Å². The van der Waals surface area contributed by atoms with E-state index in [4.69, 9.17) is 10.7 Å². The van der Waals surface area contributed by atoms with Crippen molar-refractivity contribution in [2.45, 2.75) is 10.2 Å². The number of pyridine rings is 1. The molecule has 0 aliphatic carbocycles. The van der Waals surface area contributed by atoms with Gasteiger partial charge < -0.3 is 15.5 Å². The minimum Gasteiger partial charge on any atom is -0.368 e. The summed E-state index contributed by atoms with van der Waals surface area (Å²) in [5.74, 6) is 0.0918. The number of para-hydroxylation sites is 1. The van der Waals surface area contributed by atoms with Crippen LogP contribution in [0.5, 0.6) is 0 Å². The van der Waals surface area contributed by atoms with Crippen molar-refractivity contribution < 1.29 is 4.79 Å². The Bertz CT molecular complexity index is 1240. The molecule has 0 radical (unpaired) electrons. The number of nitrogens with two attached hydrogens (primary N) is 1. The highest BCUT2D eigenvalue weighted by Gasteiger charge is 2.22. The molecule has 11 heteroatoms. The Morgan fingerprint density at radius 2 is 1.58 bits per heavy atom. The number of amides is 1. The van der Waals surface area contributed by atoms with Gasteiger partial charge in [0.1, 0.15) is 5.03 Å². The van der Waals surface area contributed by atoms with Gasteiger partial charge in [-0.2, -0.15) is 0 Å². The van der Waals surface area contributed by atoms with Gasteiger partial charge in [0.15, 0.2) is 0 Å². The third-order valence-corrected chi connectivity index (χ3v) is 6.15. The van der Waals surface area contributed by atoms with E-state index in [0.29, 0.717) is 16.1 Å². The van der Waals surface area contributed by atoms with E-state index in [1.807, 2.05) is 60.9 Å². The van der Waals surface area contributed by atoms with Crippen molar-refractivity contribution in [1.82, 2.24) is 29.7 Å². The van der Waals surface area contributed by atoms with Gasteiger partial charge in [-0.3, -0.25) is 14.3 Å². The third-order valence-electron chi connectivity index (χ3n) is 5.27. The Labute approximate surface area is 194 Å². The Morgan fingerprint density at radius 1 is 0.848 bits per heavy atom. The number of carbonyl (C=O) groups is 1. The number of benzene rings is 1. The van der Waals surface area contributed by atoms with Gasteiger partial charge in [0, 0.05) is 56.1 Å². The van der Waals surface area contributed by atoms with E-state index in [1.54, 1.807) is 10.8 Å². The fraction of sp³-hybridized carbons (Fsp3) is 0.182. The van der Waals surface area contributed by atoms with E-state index in [1.165, 1.54) is 17.4 Å². The molecular formula is C22H21N9OS. The number of anilines is 2. The molecule has 0 unspecified atom stereocenters. The molecule has 33 heavy (non-hydrogen) atoms. The summed E-state index contributed by atoms with van der Waals surface area (Å²) in [6.07, 6.45) is 5.35. The number of hydrogen-bond donors (Lipinski definition) is 1. The highest BCUT2D eigenvalue weighted by Crippen LogP contribution is 2.29. The molecule has 166 valence electrons. The van der Waals surface area contributed by atoms with Crippen LogP contribution in [0.1, 0.15) is 10.6 Å². The third kappa shape index (κ3) is 4.48. The van der Waals surface area contributed by atoms with Gasteiger partial charge in [0.05, 0.1) is 0 Å². The van der Waals surface area contributed by atoms with Gasteiger partial charge in [0.25, 0.3) is 5.91 Å². The first kappa shape index (κ1) is 20.9. The predicted molar refractivity (Wildman–Crippen MR) is 125 cm³/mol. The first-order chi connectivity index (χ1) is 16.2. The lowest BCUT2D eigenvalue weighted by molar-refractivity contribution is 0.0988. The SMILES string of the molecule is NC(=O)c1nnc(Sc2ccnc(N3CCN(c4ccncc4)CC3)n2)n1-c1ccccc1. The Kier molecular flexibility index (Phi) is 5.85. The highest BCUT2D eigenvalue weighted by molar-refractivity contribution is 7.99. The number of carbonyl (C=O) groups excluding carboxylic acids is 1. The number of piperazine rings is 1. The summed E-state index contributed by atoms with van der Waals surface area (Å²) < 4.78 is 1.64. The molecule has 2 N–H and O–H groups in total. The van der Waals surface area contributed by atoms with Gasteiger partial charge in [0.2, 0.25) is 16.9 Å². The van der Waals surface area contributed by atoms with Crippen molar-refractivity contribution in [1.29, 1.82) is 0 Å². The van der Waals surface area contributed by atoms with Crippen LogP contribution in [-0.4, -0.2) is 61.8 Å². The monoisotopic (exact) mass is 459 g/mol. The standard InChI is InChI=1S/C22H21N9OS/c23-19(32)20-27-28-22(31(20)17-4-2-1-3-5-17)33-18-8-11-25-21(26-18)30-14-12-29(13-15-30)16-6-9-24-10-7-16/h1-11H,12-15H2,(H2,23,32). The predicted octanol–water partition coefficient (Wildman–Crippen LogP) is 2.03. The second-order valence-corrected chi connectivity index (χ2v) is 8.31. The molecule has 3 aromatic heterocycles. The van der Waals surface area contributed by atoms with Crippen LogP contribution in [-0.2, 0) is 0 Å². The first-order valence-corrected chi connectivity index (χ1v) is 11.2. The fourth-order valence-corrected chi connectivity index (χ4v) is 4.47. The van der Waals surface area contributed by atoms with Crippen LogP contribution in [0.4, 0.5) is 11.6 Å². The molecule has 0 bridgehead atoms. The average molecular weight is 460 g/mol. The van der Waals surface area contributed by atoms with Crippen molar-refractivity contribution in [3.63, 3.8) is 0 Å². The molecule has 1 aromatic carbocycles. The number of nitrogens with zero attached hydrogens (tertiary/aromatic N) is 8. The number of aromatic nitrogens is 6. The van der Waals surface area contributed by atoms with Crippen LogP contribution in [0.15, 0.2) is 77.3 Å². The highest BCUT2D eigenvalue weighted by atomic mass is 32.2. The lowest BCUT2D eigenvalue weighted by Gasteiger charge is -2.36. The summed E-state index contributed by atoms with van der Waals surface area (Å²) in [5.41, 5.74) is 7.44. The van der Waals surface area contributed by atoms with Crippen LogP contribution >= 0.6 is 11.8 Å². The van der Waals surface area contributed by atoms with Gasteiger partial charge in [-0.1, -0.05) is 18.2 Å². The molecule has 0 atom stereocenters. The van der Waals surface area contributed by atoms with Crippen LogP contribution in [0, 0.1) is 0 Å². The van der Waals surface area contributed by atoms with Crippen molar-refractivity contribution in [2.24, 2.45) is 5.73 Å². The van der Waals surface area contributed by atoms with Crippen molar-refractivity contribution in [2.75, 3.05) is 36.0 Å². The van der Waals surface area contributed by atoms with Crippen molar-refractivity contribution >= 4 is 29.3 Å². The lowest BCUT2D eigenvalue weighted by atomic mass is 10.3. The Hall–Kier alpha value is -3.99. The summed E-state index contributed by atoms with van der Waals surface area (Å²) in [5, 5.41) is 9.38. The molecule has 5 rings (SSSR count). The lowest BCUT2D eigenvalue weighted by Crippen LogP contribution is -2.47. The normalized spacial score (nSPS) is 13.8. The van der Waals surface area contributed by atoms with E-state index >= 15 is 0 Å². The van der Waals surface area contributed by atoms with Gasteiger partial charge >= 0.3 is 0 Å². The van der Waals surface area contributed by atoms with E-state index in [9.17, 15) is 4.79 Å². The average Bonchev–Trinajstić information content (AvgIpc) is 3.29. The van der Waals surface area contributed by atoms with Crippen molar-refractivity contribution in [3.05, 3.63) is 72.9 Å². The molecule has 4 aromatic rings. The molecule has 1 fully saturated rings. The van der Waals surface area contributed by atoms with Gasteiger partial charge in [-0.15, -0.1) is 10.2 Å². The van der Waals surface area contributed by atoms with E-state index < -0.39 is 5.91 Å². The quantitative estimate of drug-likeness (QED) is 0.432.